The minimum atomic E-state index is -1.33. The predicted molar refractivity (Wildman–Crippen MR) is 344 cm³/mol. The second kappa shape index (κ2) is 23.6. The molecule has 2 unspecified atom stereocenters. The third kappa shape index (κ3) is 9.87. The summed E-state index contributed by atoms with van der Waals surface area (Å²) in [7, 11) is 0. The highest BCUT2D eigenvalue weighted by atomic mass is 16.6. The number of rotatable bonds is 22. The van der Waals surface area contributed by atoms with Crippen molar-refractivity contribution in [2.45, 2.75) is 123 Å². The maximum atomic E-state index is 13.9. The van der Waals surface area contributed by atoms with E-state index in [-0.39, 0.29) is 0 Å². The van der Waals surface area contributed by atoms with Crippen LogP contribution in [-0.2, 0) is 35.7 Å². The average Bonchev–Trinajstić information content (AvgIpc) is 1.68. The highest BCUT2D eigenvalue weighted by Crippen LogP contribution is 2.60. The Morgan fingerprint density at radius 3 is 1.11 bits per heavy atom. The monoisotopic (exact) mass is 1160 g/mol. The van der Waals surface area contributed by atoms with Crippen molar-refractivity contribution in [3.8, 4) is 23.0 Å². The number of fused-ring (bicyclic) bond motifs is 12. The quantitative estimate of drug-likeness (QED) is 0.0479. The fourth-order valence-electron chi connectivity index (χ4n) is 13.4. The number of nitrogens with zero attached hydrogens (tertiary/aromatic N) is 4. The van der Waals surface area contributed by atoms with Crippen molar-refractivity contribution in [1.82, 2.24) is 0 Å². The van der Waals surface area contributed by atoms with Crippen LogP contribution in [0.25, 0.3) is 0 Å². The van der Waals surface area contributed by atoms with Gasteiger partial charge in [0, 0.05) is 99.9 Å². The lowest BCUT2D eigenvalue weighted by Gasteiger charge is -2.38. The highest BCUT2D eigenvalue weighted by molar-refractivity contribution is 5.99. The second-order valence-corrected chi connectivity index (χ2v) is 24.1. The van der Waals surface area contributed by atoms with E-state index >= 15 is 0 Å². The summed E-state index contributed by atoms with van der Waals surface area (Å²) >= 11 is 0. The molecule has 4 aliphatic rings. The summed E-state index contributed by atoms with van der Waals surface area (Å²) in [6.45, 7) is 20.7. The van der Waals surface area contributed by atoms with E-state index in [1.54, 1.807) is 21.9 Å². The van der Waals surface area contributed by atoms with Crippen LogP contribution < -0.4 is 29.1 Å². The summed E-state index contributed by atoms with van der Waals surface area (Å²) in [4.78, 5) is 62.8. The first-order valence-electron chi connectivity index (χ1n) is 31.0. The van der Waals surface area contributed by atoms with E-state index in [0.29, 0.717) is 68.0 Å². The van der Waals surface area contributed by atoms with Crippen LogP contribution in [0.2, 0.25) is 0 Å². The van der Waals surface area contributed by atoms with Crippen LogP contribution in [0.3, 0.4) is 0 Å². The molecule has 87 heavy (non-hydrogen) atoms. The van der Waals surface area contributed by atoms with Crippen molar-refractivity contribution in [2.75, 3.05) is 45.8 Å². The first-order valence-corrected chi connectivity index (χ1v) is 31.0. The van der Waals surface area contributed by atoms with Crippen LogP contribution in [0.5, 0.6) is 23.0 Å². The number of aryl methyl sites for hydroxylation is 2. The van der Waals surface area contributed by atoms with Gasteiger partial charge in [-0.25, -0.2) is 9.59 Å². The van der Waals surface area contributed by atoms with Gasteiger partial charge in [0.2, 0.25) is 12.8 Å². The molecule has 0 saturated carbocycles. The Kier molecular flexibility index (Phi) is 15.8. The number of hydrogen-bond acceptors (Lipinski definition) is 10. The lowest BCUT2D eigenvalue weighted by molar-refractivity contribution is -0.107. The zero-order valence-corrected chi connectivity index (χ0v) is 51.2. The molecule has 0 aliphatic carbocycles. The largest absolute Gasteiger partial charge is 0.456 e. The van der Waals surface area contributed by atoms with Crippen molar-refractivity contribution in [3.05, 3.63) is 224 Å². The summed E-state index contributed by atoms with van der Waals surface area (Å²) in [6.07, 6.45) is 10.2. The number of ether oxygens (including phenoxy) is 4. The van der Waals surface area contributed by atoms with Gasteiger partial charge in [-0.1, -0.05) is 128 Å². The number of unbranched alkanes of at least 4 members (excludes halogenated alkanes) is 4. The van der Waals surface area contributed by atoms with Crippen LogP contribution in [0, 0.1) is 13.8 Å². The van der Waals surface area contributed by atoms with E-state index in [1.165, 1.54) is 0 Å². The van der Waals surface area contributed by atoms with Crippen molar-refractivity contribution in [2.24, 2.45) is 0 Å². The number of esters is 2. The molecule has 12 nitrogen and oxygen atoms in total. The van der Waals surface area contributed by atoms with Gasteiger partial charge in [0.15, 0.2) is 11.2 Å². The molecule has 0 aromatic heterocycles. The molecule has 0 N–H and O–H groups in total. The number of carbonyl (C=O) groups is 4. The van der Waals surface area contributed by atoms with E-state index in [4.69, 9.17) is 18.9 Å². The Labute approximate surface area is 511 Å². The zero-order chi connectivity index (χ0) is 60.8. The lowest BCUT2D eigenvalue weighted by atomic mass is 9.77. The lowest BCUT2D eigenvalue weighted by Crippen LogP contribution is -2.34. The maximum Gasteiger partial charge on any atom is 0.340 e. The first kappa shape index (κ1) is 58.2. The van der Waals surface area contributed by atoms with Gasteiger partial charge in [-0.2, -0.15) is 0 Å². The van der Waals surface area contributed by atoms with Crippen molar-refractivity contribution in [1.29, 1.82) is 0 Å². The molecule has 12 heteroatoms. The molecule has 8 aromatic carbocycles. The molecule has 2 atom stereocenters. The van der Waals surface area contributed by atoms with Crippen LogP contribution in [0.15, 0.2) is 158 Å². The van der Waals surface area contributed by atoms with E-state index in [0.717, 1.165) is 146 Å². The van der Waals surface area contributed by atoms with E-state index < -0.39 is 28.6 Å². The van der Waals surface area contributed by atoms with Crippen molar-refractivity contribution >= 4 is 58.9 Å². The molecule has 0 fully saturated rings. The topological polar surface area (TPSA) is 118 Å². The molecule has 0 bridgehead atoms. The van der Waals surface area contributed by atoms with Gasteiger partial charge in [0.05, 0.1) is 22.5 Å². The van der Waals surface area contributed by atoms with Gasteiger partial charge >= 0.3 is 11.9 Å². The fraction of sp³-hybridized carbons (Fsp3) is 0.307. The summed E-state index contributed by atoms with van der Waals surface area (Å²) in [6, 6.07) is 51.3. The zero-order valence-electron chi connectivity index (χ0n) is 51.2. The third-order valence-electron chi connectivity index (χ3n) is 18.3. The van der Waals surface area contributed by atoms with E-state index in [9.17, 15) is 19.2 Å². The van der Waals surface area contributed by atoms with E-state index in [2.05, 4.69) is 75.6 Å². The van der Waals surface area contributed by atoms with Gasteiger partial charge in [-0.05, 0) is 147 Å². The molecule has 0 saturated heterocycles. The maximum absolute atomic E-state index is 13.9. The summed E-state index contributed by atoms with van der Waals surface area (Å²) in [5, 5.41) is 0. The van der Waals surface area contributed by atoms with Gasteiger partial charge in [-0.15, -0.1) is 0 Å². The Hall–Kier alpha value is -9.16. The number of benzene rings is 8. The molecular formula is C75H76N4O8. The number of hydrogen-bond donors (Lipinski definition) is 0. The smallest absolute Gasteiger partial charge is 0.340 e. The molecule has 4 aliphatic heterocycles. The van der Waals surface area contributed by atoms with Crippen molar-refractivity contribution in [3.63, 3.8) is 0 Å². The fourth-order valence-corrected chi connectivity index (χ4v) is 13.4. The SMILES string of the molecule is CCCCN(CCCC)c1ccc2c(c1)Oc1cc(C)c(N(C=O)c3ccc(C(C)(C)c4ccc(N(C=O)c5cc6c(cc5C)Oc5cc(N(CCCC)CCCC)ccc5C65OC(=O)c6ccccc65)cc4)cc3)cc1C21OC(=O)c2ccccc21. The third-order valence-corrected chi connectivity index (χ3v) is 18.3. The molecule has 8 aromatic rings. The van der Waals surface area contributed by atoms with Gasteiger partial charge in [0.1, 0.15) is 23.0 Å². The molecule has 2 spiro atoms. The summed E-state index contributed by atoms with van der Waals surface area (Å²) in [5.74, 6) is 1.52. The Morgan fingerprint density at radius 1 is 0.414 bits per heavy atom. The Bertz CT molecular complexity index is 3700. The minimum absolute atomic E-state index is 0.421. The minimum Gasteiger partial charge on any atom is -0.456 e. The van der Waals surface area contributed by atoms with Crippen LogP contribution in [0.1, 0.15) is 169 Å². The number of amides is 2. The molecule has 2 amide bonds. The second-order valence-electron chi connectivity index (χ2n) is 24.1. The molecule has 4 heterocycles. The van der Waals surface area contributed by atoms with Crippen LogP contribution in [-0.4, -0.2) is 50.9 Å². The predicted octanol–water partition coefficient (Wildman–Crippen LogP) is 17.2. The summed E-state index contributed by atoms with van der Waals surface area (Å²) in [5.41, 5.74) is 10.2. The molecule has 0 radical (unpaired) electrons. The molecule has 12 rings (SSSR count). The van der Waals surface area contributed by atoms with E-state index in [1.807, 2.05) is 135 Å². The first-order chi connectivity index (χ1) is 42.2. The number of carbonyl (C=O) groups excluding carboxylic acids is 4. The van der Waals surface area contributed by atoms with Crippen LogP contribution >= 0.6 is 0 Å². The Morgan fingerprint density at radius 2 is 0.759 bits per heavy atom. The standard InChI is InChI=1S/C75H76N4O8/c1-9-13-37-76(38-14-10-2)55-33-35-61-69(43-55)84-67-41-49(5)65(45-63(67)74(61)59-23-19-17-21-57(59)71(82)86-74)78(47-80)53-29-25-51(26-30-53)73(7,8)52-27-31-54(32-28-52)79(48-81)66-46-64-68(42-50(66)6)85-70-44-56(77(39-15-11-3)40-16-12-4)34-36-62(70)75(64)60-24-20-18-22-58(60)72(83)87-75/h17-36,41-48H,9-16,37-40H2,1-8H3. The van der Waals surface area contributed by atoms with Crippen LogP contribution in [0.4, 0.5) is 34.1 Å². The van der Waals surface area contributed by atoms with Gasteiger partial charge in [-0.3, -0.25) is 19.4 Å². The van der Waals surface area contributed by atoms with Crippen molar-refractivity contribution < 1.29 is 38.1 Å². The summed E-state index contributed by atoms with van der Waals surface area (Å²) < 4.78 is 26.9. The van der Waals surface area contributed by atoms with Gasteiger partial charge in [0.25, 0.3) is 0 Å². The average molecular weight is 1160 g/mol. The molecule has 444 valence electrons. The molecular weight excluding hydrogens is 1080 g/mol. The highest BCUT2D eigenvalue weighted by Gasteiger charge is 2.55. The normalized spacial score (nSPS) is 16.5. The van der Waals surface area contributed by atoms with Gasteiger partial charge < -0.3 is 28.7 Å². The number of anilines is 6. The Balaban J connectivity index is 0.837.